The van der Waals surface area contributed by atoms with E-state index in [2.05, 4.69) is 27.4 Å². The molecule has 13 heteroatoms. The predicted molar refractivity (Wildman–Crippen MR) is 185 cm³/mol. The molecule has 6 rings (SSSR count). The summed E-state index contributed by atoms with van der Waals surface area (Å²) in [7, 11) is 3.13. The molecule has 2 aliphatic heterocycles. The van der Waals surface area contributed by atoms with Crippen LogP contribution in [0.1, 0.15) is 37.6 Å². The number of halogens is 2. The van der Waals surface area contributed by atoms with E-state index in [0.717, 1.165) is 30.5 Å². The number of carbonyl (C=O) groups is 1. The van der Waals surface area contributed by atoms with E-state index in [9.17, 15) is 9.90 Å². The number of benzene rings is 2. The number of amides is 1. The van der Waals surface area contributed by atoms with E-state index in [1.54, 1.807) is 26.6 Å². The molecule has 1 amide bonds. The number of piperidine rings is 1. The molecule has 0 aliphatic carbocycles. The first-order valence-corrected chi connectivity index (χ1v) is 16.8. The van der Waals surface area contributed by atoms with Gasteiger partial charge < -0.3 is 25.2 Å². The third-order valence-electron chi connectivity index (χ3n) is 8.99. The first-order valence-electron chi connectivity index (χ1n) is 16.0. The van der Waals surface area contributed by atoms with E-state index < -0.39 is 0 Å². The van der Waals surface area contributed by atoms with Crippen molar-refractivity contribution in [1.82, 2.24) is 35.5 Å². The Hall–Kier alpha value is -3.87. The van der Waals surface area contributed by atoms with Gasteiger partial charge in [-0.1, -0.05) is 66.5 Å². The van der Waals surface area contributed by atoms with Crippen LogP contribution in [0.4, 0.5) is 0 Å². The topological polar surface area (TPSA) is 135 Å². The molecule has 2 aromatic heterocycles. The number of aliphatic hydroxyl groups is 1. The van der Waals surface area contributed by atoms with Crippen molar-refractivity contribution in [3.05, 3.63) is 70.2 Å². The second kappa shape index (κ2) is 15.1. The number of ether oxygens (including phenoxy) is 2. The second-order valence-corrected chi connectivity index (χ2v) is 13.0. The van der Waals surface area contributed by atoms with Crippen molar-refractivity contribution in [1.29, 1.82) is 0 Å². The summed E-state index contributed by atoms with van der Waals surface area (Å²) in [6.45, 7) is 5.14. The smallest absolute Gasteiger partial charge is 0.237 e. The third kappa shape index (κ3) is 7.40. The Balaban J connectivity index is 1.23. The van der Waals surface area contributed by atoms with Crippen molar-refractivity contribution < 1.29 is 19.4 Å². The zero-order valence-electron chi connectivity index (χ0n) is 27.2. The lowest BCUT2D eigenvalue weighted by atomic mass is 9.96. The molecule has 0 spiro atoms. The summed E-state index contributed by atoms with van der Waals surface area (Å²) in [5.41, 5.74) is 5.29. The average Bonchev–Trinajstić information content (AvgIpc) is 3.51. The van der Waals surface area contributed by atoms with Gasteiger partial charge in [-0.3, -0.25) is 19.7 Å². The zero-order valence-corrected chi connectivity index (χ0v) is 28.7. The lowest BCUT2D eigenvalue weighted by Gasteiger charge is -2.34. The molecular weight excluding hydrogens is 653 g/mol. The third-order valence-corrected chi connectivity index (χ3v) is 9.81. The molecule has 0 radical (unpaired) electrons. The SMILES string of the molecule is COc1nc(-c2cccc(-c3cccc(-c4cnc(CN5CC[C@@H](C)[C@@H](O)C5)c(OC)n4)c3Cl)c2Cl)cnc1CNC[C@@H]1CCC(=O)N1. The number of hydrogen-bond acceptors (Lipinski definition) is 10. The molecule has 0 saturated carbocycles. The average molecular weight is 693 g/mol. The summed E-state index contributed by atoms with van der Waals surface area (Å²) in [4.78, 5) is 32.5. The van der Waals surface area contributed by atoms with Crippen molar-refractivity contribution in [2.75, 3.05) is 33.9 Å². The molecule has 2 saturated heterocycles. The Bertz CT molecular complexity index is 1790. The van der Waals surface area contributed by atoms with Crippen LogP contribution in [0.5, 0.6) is 11.8 Å². The van der Waals surface area contributed by atoms with Gasteiger partial charge >= 0.3 is 0 Å². The van der Waals surface area contributed by atoms with Crippen LogP contribution in [0.25, 0.3) is 33.6 Å². The van der Waals surface area contributed by atoms with Gasteiger partial charge in [-0.05, 0) is 25.3 Å². The van der Waals surface area contributed by atoms with Crippen molar-refractivity contribution in [2.24, 2.45) is 5.92 Å². The number of hydrogen-bond donors (Lipinski definition) is 3. The number of aliphatic hydroxyl groups excluding tert-OH is 1. The molecule has 4 aromatic rings. The molecular formula is C35H39Cl2N7O4. The molecule has 4 heterocycles. The van der Waals surface area contributed by atoms with Gasteiger partial charge in [-0.25, -0.2) is 9.97 Å². The largest absolute Gasteiger partial charge is 0.480 e. The van der Waals surface area contributed by atoms with Crippen LogP contribution >= 0.6 is 23.2 Å². The maximum Gasteiger partial charge on any atom is 0.237 e. The van der Waals surface area contributed by atoms with E-state index in [0.29, 0.717) is 88.3 Å². The monoisotopic (exact) mass is 691 g/mol. The van der Waals surface area contributed by atoms with Gasteiger partial charge in [0.25, 0.3) is 0 Å². The van der Waals surface area contributed by atoms with Crippen LogP contribution in [0.3, 0.4) is 0 Å². The number of likely N-dealkylation sites (tertiary alicyclic amines) is 1. The Kier molecular flexibility index (Phi) is 10.7. The van der Waals surface area contributed by atoms with Gasteiger partial charge in [-0.15, -0.1) is 0 Å². The summed E-state index contributed by atoms with van der Waals surface area (Å²) in [5, 5.41) is 17.6. The fourth-order valence-electron chi connectivity index (χ4n) is 6.15. The highest BCUT2D eigenvalue weighted by molar-refractivity contribution is 6.39. The fraction of sp³-hybridized carbons (Fsp3) is 0.400. The van der Waals surface area contributed by atoms with Gasteiger partial charge in [-0.2, -0.15) is 0 Å². The molecule has 2 aliphatic rings. The molecule has 11 nitrogen and oxygen atoms in total. The zero-order chi connectivity index (χ0) is 33.8. The number of β-amino-alcohol motifs (C(OH)–C–C–N with tert-alkyl or cyclic N) is 1. The highest BCUT2D eigenvalue weighted by Gasteiger charge is 2.26. The van der Waals surface area contributed by atoms with Crippen LogP contribution in [0.2, 0.25) is 10.0 Å². The van der Waals surface area contributed by atoms with Crippen LogP contribution in [0, 0.1) is 5.92 Å². The van der Waals surface area contributed by atoms with Gasteiger partial charge in [0.05, 0.1) is 54.2 Å². The van der Waals surface area contributed by atoms with Crippen molar-refractivity contribution in [3.8, 4) is 45.4 Å². The highest BCUT2D eigenvalue weighted by atomic mass is 35.5. The minimum Gasteiger partial charge on any atom is -0.480 e. The number of nitrogens with zero attached hydrogens (tertiary/aromatic N) is 5. The number of rotatable bonds is 11. The normalized spacial score (nSPS) is 19.7. The van der Waals surface area contributed by atoms with E-state index in [1.807, 2.05) is 36.4 Å². The number of methoxy groups -OCH3 is 2. The van der Waals surface area contributed by atoms with Gasteiger partial charge in [0.15, 0.2) is 0 Å². The van der Waals surface area contributed by atoms with E-state index >= 15 is 0 Å². The molecule has 48 heavy (non-hydrogen) atoms. The lowest BCUT2D eigenvalue weighted by Crippen LogP contribution is -2.42. The highest BCUT2D eigenvalue weighted by Crippen LogP contribution is 2.42. The van der Waals surface area contributed by atoms with Crippen LogP contribution < -0.4 is 20.1 Å². The van der Waals surface area contributed by atoms with Crippen molar-refractivity contribution >= 4 is 29.1 Å². The molecule has 0 unspecified atom stereocenters. The van der Waals surface area contributed by atoms with Gasteiger partial charge in [0.2, 0.25) is 17.7 Å². The van der Waals surface area contributed by atoms with Crippen molar-refractivity contribution in [3.63, 3.8) is 0 Å². The molecule has 2 fully saturated rings. The Morgan fingerprint density at radius 3 is 2.06 bits per heavy atom. The Morgan fingerprint density at radius 2 is 1.50 bits per heavy atom. The summed E-state index contributed by atoms with van der Waals surface area (Å²) in [6, 6.07) is 11.5. The minimum absolute atomic E-state index is 0.0827. The number of nitrogens with one attached hydrogen (secondary N) is 2. The van der Waals surface area contributed by atoms with Crippen molar-refractivity contribution in [2.45, 2.75) is 51.4 Å². The van der Waals surface area contributed by atoms with E-state index in [4.69, 9.17) is 47.6 Å². The number of carbonyl (C=O) groups excluding carboxylic acids is 1. The van der Waals surface area contributed by atoms with E-state index in [-0.39, 0.29) is 24.0 Å². The van der Waals surface area contributed by atoms with Crippen LogP contribution in [-0.2, 0) is 17.9 Å². The second-order valence-electron chi connectivity index (χ2n) is 12.3. The summed E-state index contributed by atoms with van der Waals surface area (Å²) in [5.74, 6) is 1.17. The molecule has 2 aromatic carbocycles. The van der Waals surface area contributed by atoms with E-state index in [1.165, 1.54) is 0 Å². The standard InChI is InChI=1S/C35H39Cl2N7O4/c1-20-12-13-44(19-30(20)45)18-29-35(48-3)43-27(17-40-29)25-9-5-7-23(33(25)37)22-6-4-8-24(32(22)36)26-16-39-28(34(42-26)47-2)15-38-14-21-10-11-31(46)41-21/h4-9,16-17,20-21,30,38,45H,10-15,18-19H2,1-3H3,(H,41,46)/t20-,21+,30+/m1/s1. The molecule has 3 atom stereocenters. The summed E-state index contributed by atoms with van der Waals surface area (Å²) >= 11 is 14.1. The Morgan fingerprint density at radius 1 is 0.917 bits per heavy atom. The molecule has 3 N–H and O–H groups in total. The Labute approximate surface area is 290 Å². The first kappa shape index (κ1) is 34.0. The minimum atomic E-state index is -0.363. The van der Waals surface area contributed by atoms with Gasteiger partial charge in [0.1, 0.15) is 11.4 Å². The van der Waals surface area contributed by atoms with Crippen LogP contribution in [-0.4, -0.2) is 81.8 Å². The lowest BCUT2D eigenvalue weighted by molar-refractivity contribution is -0.119. The summed E-state index contributed by atoms with van der Waals surface area (Å²) in [6.07, 6.45) is 5.31. The maximum absolute atomic E-state index is 11.5. The quantitative estimate of drug-likeness (QED) is 0.194. The maximum atomic E-state index is 11.5. The van der Waals surface area contributed by atoms with Gasteiger partial charge in [0, 0.05) is 60.9 Å². The van der Waals surface area contributed by atoms with Crippen LogP contribution in [0.15, 0.2) is 48.8 Å². The summed E-state index contributed by atoms with van der Waals surface area (Å²) < 4.78 is 11.2. The first-order chi connectivity index (χ1) is 23.2. The predicted octanol–water partition coefficient (Wildman–Crippen LogP) is 5.16. The number of aromatic nitrogens is 4. The fourth-order valence-corrected chi connectivity index (χ4v) is 6.80. The molecule has 0 bridgehead atoms. The molecule has 252 valence electrons.